The lowest BCUT2D eigenvalue weighted by Gasteiger charge is -2.34. The summed E-state index contributed by atoms with van der Waals surface area (Å²) in [7, 11) is 0. The molecule has 4 fully saturated rings. The Hall–Kier alpha value is -0.570. The largest absolute Gasteiger partial charge is 0.353 e. The summed E-state index contributed by atoms with van der Waals surface area (Å²) >= 11 is 0. The first-order valence-electron chi connectivity index (χ1n) is 7.34. The van der Waals surface area contributed by atoms with Gasteiger partial charge in [-0.15, -0.1) is 0 Å². The van der Waals surface area contributed by atoms with Gasteiger partial charge in [0.15, 0.2) is 0 Å². The summed E-state index contributed by atoms with van der Waals surface area (Å²) in [5, 5.41) is 6.52. The third-order valence-corrected chi connectivity index (χ3v) is 5.91. The standard InChI is InChI=1S/C14H22N2O/c17-14(9-6-15-7-9)16-13-5-8-4-12(13)11-3-1-2-10(8)11/h8-13,15H,1-7H2,(H,16,17). The summed E-state index contributed by atoms with van der Waals surface area (Å²) in [6.45, 7) is 1.78. The summed E-state index contributed by atoms with van der Waals surface area (Å²) in [6, 6.07) is 0.521. The second-order valence-corrected chi connectivity index (χ2v) is 6.62. The molecule has 1 heterocycles. The highest BCUT2D eigenvalue weighted by Crippen LogP contribution is 2.58. The van der Waals surface area contributed by atoms with Gasteiger partial charge in [0, 0.05) is 19.1 Å². The average molecular weight is 234 g/mol. The molecule has 1 amide bonds. The summed E-state index contributed by atoms with van der Waals surface area (Å²) < 4.78 is 0. The van der Waals surface area contributed by atoms with Gasteiger partial charge in [0.25, 0.3) is 0 Å². The number of carbonyl (C=O) groups is 1. The normalized spacial score (nSPS) is 47.9. The lowest BCUT2D eigenvalue weighted by atomic mass is 9.79. The van der Waals surface area contributed by atoms with Crippen molar-refractivity contribution in [2.45, 2.75) is 38.1 Å². The van der Waals surface area contributed by atoms with Crippen LogP contribution < -0.4 is 10.6 Å². The summed E-state index contributed by atoms with van der Waals surface area (Å²) in [6.07, 6.45) is 7.03. The van der Waals surface area contributed by atoms with Crippen molar-refractivity contribution in [2.24, 2.45) is 29.6 Å². The van der Waals surface area contributed by atoms with Gasteiger partial charge >= 0.3 is 0 Å². The highest BCUT2D eigenvalue weighted by molar-refractivity contribution is 5.80. The average Bonchev–Trinajstić information content (AvgIpc) is 2.82. The number of amides is 1. The van der Waals surface area contributed by atoms with Crippen LogP contribution in [-0.2, 0) is 4.79 Å². The third-order valence-electron chi connectivity index (χ3n) is 5.91. The molecule has 1 saturated heterocycles. The van der Waals surface area contributed by atoms with Crippen LogP contribution in [0.25, 0.3) is 0 Å². The van der Waals surface area contributed by atoms with Crippen molar-refractivity contribution in [2.75, 3.05) is 13.1 Å². The molecule has 0 aromatic carbocycles. The lowest BCUT2D eigenvalue weighted by Crippen LogP contribution is -2.54. The molecule has 2 bridgehead atoms. The van der Waals surface area contributed by atoms with Crippen LogP contribution in [0, 0.1) is 29.6 Å². The second-order valence-electron chi connectivity index (χ2n) is 6.62. The highest BCUT2D eigenvalue weighted by atomic mass is 16.2. The molecule has 2 N–H and O–H groups in total. The zero-order valence-electron chi connectivity index (χ0n) is 10.3. The molecule has 0 aromatic heterocycles. The van der Waals surface area contributed by atoms with Crippen molar-refractivity contribution in [3.8, 4) is 0 Å². The van der Waals surface area contributed by atoms with E-state index in [0.29, 0.717) is 11.9 Å². The van der Waals surface area contributed by atoms with Crippen molar-refractivity contribution >= 4 is 5.91 Å². The smallest absolute Gasteiger partial charge is 0.225 e. The number of rotatable bonds is 2. The molecule has 3 aliphatic carbocycles. The lowest BCUT2D eigenvalue weighted by molar-refractivity contribution is -0.127. The fraction of sp³-hybridized carbons (Fsp3) is 0.929. The fourth-order valence-electron chi connectivity index (χ4n) is 5.01. The van der Waals surface area contributed by atoms with E-state index in [1.807, 2.05) is 0 Å². The molecule has 17 heavy (non-hydrogen) atoms. The molecular formula is C14H22N2O. The quantitative estimate of drug-likeness (QED) is 0.752. The summed E-state index contributed by atoms with van der Waals surface area (Å²) in [5.74, 6) is 4.32. The molecule has 4 rings (SSSR count). The Balaban J connectivity index is 1.42. The van der Waals surface area contributed by atoms with Crippen molar-refractivity contribution < 1.29 is 4.79 Å². The Morgan fingerprint density at radius 2 is 1.88 bits per heavy atom. The predicted molar refractivity (Wildman–Crippen MR) is 65.3 cm³/mol. The minimum absolute atomic E-state index is 0.258. The summed E-state index contributed by atoms with van der Waals surface area (Å²) in [5.41, 5.74) is 0. The van der Waals surface area contributed by atoms with E-state index in [9.17, 15) is 4.79 Å². The molecule has 0 aromatic rings. The Labute approximate surface area is 103 Å². The van der Waals surface area contributed by atoms with Gasteiger partial charge < -0.3 is 10.6 Å². The molecule has 5 unspecified atom stereocenters. The van der Waals surface area contributed by atoms with Gasteiger partial charge in [-0.3, -0.25) is 4.79 Å². The molecule has 5 atom stereocenters. The van der Waals surface area contributed by atoms with Gasteiger partial charge in [0.2, 0.25) is 5.91 Å². The van der Waals surface area contributed by atoms with Gasteiger partial charge in [-0.25, -0.2) is 0 Å². The highest BCUT2D eigenvalue weighted by Gasteiger charge is 2.54. The number of hydrogen-bond donors (Lipinski definition) is 2. The molecule has 4 aliphatic rings. The van der Waals surface area contributed by atoms with E-state index in [1.165, 1.54) is 32.1 Å². The van der Waals surface area contributed by atoms with Crippen LogP contribution in [0.2, 0.25) is 0 Å². The van der Waals surface area contributed by atoms with Crippen molar-refractivity contribution in [3.63, 3.8) is 0 Å². The van der Waals surface area contributed by atoms with E-state index in [2.05, 4.69) is 10.6 Å². The number of hydrogen-bond acceptors (Lipinski definition) is 2. The van der Waals surface area contributed by atoms with Crippen molar-refractivity contribution in [1.29, 1.82) is 0 Å². The van der Waals surface area contributed by atoms with Crippen LogP contribution in [0.4, 0.5) is 0 Å². The van der Waals surface area contributed by atoms with Crippen molar-refractivity contribution in [1.82, 2.24) is 10.6 Å². The van der Waals surface area contributed by atoms with Crippen LogP contribution in [-0.4, -0.2) is 25.0 Å². The monoisotopic (exact) mass is 234 g/mol. The molecule has 94 valence electrons. The van der Waals surface area contributed by atoms with Gasteiger partial charge in [0.05, 0.1) is 5.92 Å². The second kappa shape index (κ2) is 3.71. The number of fused-ring (bicyclic) bond motifs is 5. The molecule has 3 nitrogen and oxygen atoms in total. The van der Waals surface area contributed by atoms with E-state index >= 15 is 0 Å². The molecule has 0 spiro atoms. The van der Waals surface area contributed by atoms with Crippen LogP contribution in [0.1, 0.15) is 32.1 Å². The van der Waals surface area contributed by atoms with Gasteiger partial charge in [-0.05, 0) is 49.4 Å². The minimum atomic E-state index is 0.258. The topological polar surface area (TPSA) is 41.1 Å². The van der Waals surface area contributed by atoms with Gasteiger partial charge in [0.1, 0.15) is 0 Å². The first-order valence-corrected chi connectivity index (χ1v) is 7.34. The third kappa shape index (κ3) is 1.48. The Bertz CT molecular complexity index is 339. The zero-order chi connectivity index (χ0) is 11.4. The van der Waals surface area contributed by atoms with E-state index in [-0.39, 0.29) is 5.92 Å². The van der Waals surface area contributed by atoms with E-state index in [4.69, 9.17) is 0 Å². The van der Waals surface area contributed by atoms with Gasteiger partial charge in [-0.2, -0.15) is 0 Å². The maximum absolute atomic E-state index is 12.0. The minimum Gasteiger partial charge on any atom is -0.353 e. The maximum atomic E-state index is 12.0. The zero-order valence-corrected chi connectivity index (χ0v) is 10.3. The van der Waals surface area contributed by atoms with Gasteiger partial charge in [-0.1, -0.05) is 6.42 Å². The van der Waals surface area contributed by atoms with Crippen LogP contribution >= 0.6 is 0 Å². The molecular weight excluding hydrogens is 212 g/mol. The molecule has 1 aliphatic heterocycles. The Morgan fingerprint density at radius 1 is 1.06 bits per heavy atom. The predicted octanol–water partition coefficient (Wildman–Crippen LogP) is 1.15. The first-order chi connectivity index (χ1) is 8.33. The first kappa shape index (κ1) is 10.4. The number of nitrogens with one attached hydrogen (secondary N) is 2. The van der Waals surface area contributed by atoms with Crippen molar-refractivity contribution in [3.05, 3.63) is 0 Å². The molecule has 0 radical (unpaired) electrons. The number of carbonyl (C=O) groups excluding carboxylic acids is 1. The van der Waals surface area contributed by atoms with Crippen LogP contribution in [0.5, 0.6) is 0 Å². The Morgan fingerprint density at radius 3 is 2.65 bits per heavy atom. The van der Waals surface area contributed by atoms with E-state index in [0.717, 1.165) is 36.8 Å². The van der Waals surface area contributed by atoms with E-state index in [1.54, 1.807) is 0 Å². The maximum Gasteiger partial charge on any atom is 0.225 e. The SMILES string of the molecule is O=C(NC1CC2CC1C1CCCC21)C1CNC1. The van der Waals surface area contributed by atoms with E-state index < -0.39 is 0 Å². The van der Waals surface area contributed by atoms with Crippen LogP contribution in [0.15, 0.2) is 0 Å². The fourth-order valence-corrected chi connectivity index (χ4v) is 5.01. The Kier molecular flexibility index (Phi) is 2.26. The van der Waals surface area contributed by atoms with Crippen LogP contribution in [0.3, 0.4) is 0 Å². The molecule has 3 heteroatoms. The summed E-state index contributed by atoms with van der Waals surface area (Å²) in [4.78, 5) is 12.0. The molecule has 3 saturated carbocycles.